The van der Waals surface area contributed by atoms with E-state index in [1.807, 2.05) is 59.0 Å². The molecule has 2 aromatic rings. The SMILES string of the molecule is O=C(CI)CNC(=O)OCC1c2ccccc2-c2ccc(NC(=O)CCN3C(=O)C=CC3=O)cc21. The highest BCUT2D eigenvalue weighted by Gasteiger charge is 2.30. The number of anilines is 1. The molecule has 2 aromatic carbocycles. The summed E-state index contributed by atoms with van der Waals surface area (Å²) in [5.41, 5.74) is 4.45. The fraction of sp³-hybridized carbons (Fsp3) is 0.240. The van der Waals surface area contributed by atoms with Crippen molar-refractivity contribution in [2.45, 2.75) is 12.3 Å². The molecule has 9 nitrogen and oxygen atoms in total. The van der Waals surface area contributed by atoms with Crippen LogP contribution in [0.1, 0.15) is 23.5 Å². The van der Waals surface area contributed by atoms with Crippen LogP contribution in [0.2, 0.25) is 0 Å². The van der Waals surface area contributed by atoms with E-state index in [0.29, 0.717) is 10.1 Å². The standard InChI is InChI=1S/C25H22IN3O6/c26-12-16(30)13-27-25(34)35-14-21-18-4-2-1-3-17(18)19-6-5-15(11-20(19)21)28-22(31)9-10-29-23(32)7-8-24(29)33/h1-8,11,21H,9-10,12-14H2,(H,27,34)(H,28,31). The highest BCUT2D eigenvalue weighted by molar-refractivity contribution is 14.1. The molecule has 1 atom stereocenters. The van der Waals surface area contributed by atoms with Crippen molar-refractivity contribution >= 4 is 57.9 Å². The van der Waals surface area contributed by atoms with E-state index in [4.69, 9.17) is 4.74 Å². The second-order valence-corrected chi connectivity index (χ2v) is 8.79. The van der Waals surface area contributed by atoms with Crippen molar-refractivity contribution in [3.05, 3.63) is 65.7 Å². The molecule has 1 aliphatic heterocycles. The number of rotatable bonds is 9. The Morgan fingerprint density at radius 3 is 2.43 bits per heavy atom. The summed E-state index contributed by atoms with van der Waals surface area (Å²) in [6.45, 7) is -0.0170. The maximum atomic E-state index is 12.5. The lowest BCUT2D eigenvalue weighted by molar-refractivity contribution is -0.137. The van der Waals surface area contributed by atoms with Gasteiger partial charge >= 0.3 is 6.09 Å². The summed E-state index contributed by atoms with van der Waals surface area (Å²) in [5.74, 6) is -1.53. The Morgan fingerprint density at radius 1 is 0.971 bits per heavy atom. The molecular formula is C25H22IN3O6. The first-order valence-electron chi connectivity index (χ1n) is 10.9. The van der Waals surface area contributed by atoms with Crippen LogP contribution in [0.4, 0.5) is 10.5 Å². The minimum atomic E-state index is -0.668. The van der Waals surface area contributed by atoms with Crippen molar-refractivity contribution in [2.24, 2.45) is 0 Å². The summed E-state index contributed by atoms with van der Waals surface area (Å²) in [5, 5.41) is 5.27. The number of imide groups is 1. The number of hydrogen-bond acceptors (Lipinski definition) is 6. The third-order valence-corrected chi connectivity index (χ3v) is 6.61. The van der Waals surface area contributed by atoms with Gasteiger partial charge in [0.25, 0.3) is 11.8 Å². The predicted molar refractivity (Wildman–Crippen MR) is 136 cm³/mol. The number of ketones is 1. The zero-order chi connectivity index (χ0) is 24.9. The van der Waals surface area contributed by atoms with Crippen LogP contribution in [-0.2, 0) is 23.9 Å². The molecule has 1 aliphatic carbocycles. The van der Waals surface area contributed by atoms with Crippen LogP contribution < -0.4 is 10.6 Å². The topological polar surface area (TPSA) is 122 Å². The van der Waals surface area contributed by atoms with E-state index < -0.39 is 17.9 Å². The summed E-state index contributed by atoms with van der Waals surface area (Å²) in [4.78, 5) is 60.3. The highest BCUT2D eigenvalue weighted by Crippen LogP contribution is 2.45. The predicted octanol–water partition coefficient (Wildman–Crippen LogP) is 2.78. The number of carbonyl (C=O) groups excluding carboxylic acids is 5. The van der Waals surface area contributed by atoms with Gasteiger partial charge in [-0.1, -0.05) is 52.9 Å². The maximum absolute atomic E-state index is 12.5. The molecular weight excluding hydrogens is 565 g/mol. The molecule has 2 N–H and O–H groups in total. The monoisotopic (exact) mass is 587 g/mol. The molecule has 0 spiro atoms. The number of nitrogens with one attached hydrogen (secondary N) is 2. The van der Waals surface area contributed by atoms with Crippen LogP contribution in [0.3, 0.4) is 0 Å². The van der Waals surface area contributed by atoms with Gasteiger partial charge in [0.2, 0.25) is 5.91 Å². The van der Waals surface area contributed by atoms with Crippen molar-refractivity contribution in [3.63, 3.8) is 0 Å². The Balaban J connectivity index is 1.43. The number of alkyl carbamates (subject to hydrolysis) is 1. The van der Waals surface area contributed by atoms with Gasteiger partial charge in [-0.2, -0.15) is 0 Å². The second kappa shape index (κ2) is 10.8. The van der Waals surface area contributed by atoms with Gasteiger partial charge in [0.1, 0.15) is 6.61 Å². The molecule has 0 saturated carbocycles. The maximum Gasteiger partial charge on any atom is 0.407 e. The molecule has 35 heavy (non-hydrogen) atoms. The molecule has 0 bridgehead atoms. The van der Waals surface area contributed by atoms with Crippen molar-refractivity contribution in [2.75, 3.05) is 29.4 Å². The normalized spacial score (nSPS) is 15.6. The lowest BCUT2D eigenvalue weighted by atomic mass is 9.97. The molecule has 180 valence electrons. The van der Waals surface area contributed by atoms with Crippen LogP contribution in [0.15, 0.2) is 54.6 Å². The number of nitrogens with zero attached hydrogens (tertiary/aromatic N) is 1. The molecule has 4 amide bonds. The van der Waals surface area contributed by atoms with E-state index in [9.17, 15) is 24.0 Å². The fourth-order valence-corrected chi connectivity index (χ4v) is 4.35. The van der Waals surface area contributed by atoms with Crippen LogP contribution in [0, 0.1) is 0 Å². The Bertz CT molecular complexity index is 1220. The van der Waals surface area contributed by atoms with Gasteiger partial charge in [-0.15, -0.1) is 0 Å². The van der Waals surface area contributed by atoms with Crippen LogP contribution in [-0.4, -0.2) is 58.6 Å². The van der Waals surface area contributed by atoms with Gasteiger partial charge in [-0.3, -0.25) is 24.1 Å². The summed E-state index contributed by atoms with van der Waals surface area (Å²) in [7, 11) is 0. The molecule has 4 rings (SSSR count). The average molecular weight is 587 g/mol. The van der Waals surface area contributed by atoms with E-state index in [1.165, 1.54) is 12.2 Å². The fourth-order valence-electron chi connectivity index (χ4n) is 4.08. The zero-order valence-electron chi connectivity index (χ0n) is 18.6. The third-order valence-electron chi connectivity index (χ3n) is 5.76. The van der Waals surface area contributed by atoms with Crippen LogP contribution >= 0.6 is 22.6 Å². The molecule has 10 heteroatoms. The number of fused-ring (bicyclic) bond motifs is 3. The van der Waals surface area contributed by atoms with E-state index in [1.54, 1.807) is 6.07 Å². The van der Waals surface area contributed by atoms with Gasteiger partial charge < -0.3 is 15.4 Å². The van der Waals surface area contributed by atoms with E-state index in [2.05, 4.69) is 10.6 Å². The number of Topliss-reactive ketones (excluding diaryl/α,β-unsaturated/α-hetero) is 1. The van der Waals surface area contributed by atoms with Crippen molar-refractivity contribution < 1.29 is 28.7 Å². The molecule has 1 heterocycles. The van der Waals surface area contributed by atoms with Gasteiger partial charge in [-0.05, 0) is 34.4 Å². The lowest BCUT2D eigenvalue weighted by Crippen LogP contribution is -2.33. The molecule has 0 radical (unpaired) electrons. The Labute approximate surface area is 215 Å². The zero-order valence-corrected chi connectivity index (χ0v) is 20.7. The summed E-state index contributed by atoms with van der Waals surface area (Å²) < 4.78 is 5.71. The average Bonchev–Trinajstić information content (AvgIpc) is 3.35. The molecule has 2 aliphatic rings. The lowest BCUT2D eigenvalue weighted by Gasteiger charge is -2.16. The number of halogens is 1. The molecule has 0 aromatic heterocycles. The van der Waals surface area contributed by atoms with Crippen LogP contribution in [0.25, 0.3) is 11.1 Å². The first-order valence-corrected chi connectivity index (χ1v) is 12.4. The van der Waals surface area contributed by atoms with Gasteiger partial charge in [-0.25, -0.2) is 4.79 Å². The van der Waals surface area contributed by atoms with Crippen molar-refractivity contribution in [1.82, 2.24) is 10.2 Å². The minimum absolute atomic E-state index is 0.00147. The van der Waals surface area contributed by atoms with E-state index >= 15 is 0 Å². The second-order valence-electron chi connectivity index (χ2n) is 8.03. The van der Waals surface area contributed by atoms with Crippen molar-refractivity contribution in [1.29, 1.82) is 0 Å². The molecule has 0 saturated heterocycles. The number of carbonyl (C=O) groups is 5. The summed E-state index contributed by atoms with van der Waals surface area (Å²) in [6.07, 6.45) is 1.67. The minimum Gasteiger partial charge on any atom is -0.449 e. The summed E-state index contributed by atoms with van der Waals surface area (Å²) in [6, 6.07) is 13.3. The van der Waals surface area contributed by atoms with Gasteiger partial charge in [0.05, 0.1) is 11.0 Å². The number of hydrogen-bond donors (Lipinski definition) is 2. The number of alkyl halides is 1. The largest absolute Gasteiger partial charge is 0.449 e. The highest BCUT2D eigenvalue weighted by atomic mass is 127. The van der Waals surface area contributed by atoms with Gasteiger partial charge in [0, 0.05) is 36.7 Å². The van der Waals surface area contributed by atoms with Gasteiger partial charge in [0.15, 0.2) is 5.78 Å². The third kappa shape index (κ3) is 5.59. The number of benzene rings is 2. The first kappa shape index (κ1) is 24.6. The summed E-state index contributed by atoms with van der Waals surface area (Å²) >= 11 is 1.93. The molecule has 1 unspecified atom stereocenters. The van der Waals surface area contributed by atoms with E-state index in [-0.39, 0.29) is 43.7 Å². The van der Waals surface area contributed by atoms with E-state index in [0.717, 1.165) is 27.2 Å². The Kier molecular flexibility index (Phi) is 7.59. The Morgan fingerprint density at radius 2 is 1.69 bits per heavy atom. The molecule has 0 fully saturated rings. The first-order chi connectivity index (χ1) is 16.9. The Hall–Kier alpha value is -3.54. The quantitative estimate of drug-likeness (QED) is 0.265. The van der Waals surface area contributed by atoms with Crippen molar-refractivity contribution in [3.8, 4) is 11.1 Å². The van der Waals surface area contributed by atoms with Crippen LogP contribution in [0.5, 0.6) is 0 Å². The smallest absolute Gasteiger partial charge is 0.407 e. The number of amides is 4. The number of ether oxygens (including phenoxy) is 1.